The van der Waals surface area contributed by atoms with Crippen LogP contribution >= 0.6 is 0 Å². The molecule has 1 amide bonds. The van der Waals surface area contributed by atoms with Crippen LogP contribution in [0.1, 0.15) is 41.6 Å². The molecule has 2 heterocycles. The van der Waals surface area contributed by atoms with Crippen molar-refractivity contribution >= 4 is 11.9 Å². The quantitative estimate of drug-likeness (QED) is 0.868. The number of piperidine rings is 1. The van der Waals surface area contributed by atoms with Crippen molar-refractivity contribution in [2.75, 3.05) is 6.54 Å². The van der Waals surface area contributed by atoms with Crippen LogP contribution in [0.5, 0.6) is 0 Å². The predicted octanol–water partition coefficient (Wildman–Crippen LogP) is 1.37. The van der Waals surface area contributed by atoms with E-state index in [1.165, 1.54) is 0 Å². The SMILES string of the molecule is Cc1oc(CN2CC(C(N)=O)CCC2C)cc1C(=O)O. The fraction of sp³-hybridized carbons (Fsp3) is 0.571. The highest BCUT2D eigenvalue weighted by atomic mass is 16.4. The molecule has 6 nitrogen and oxygen atoms in total. The van der Waals surface area contributed by atoms with Crippen molar-refractivity contribution < 1.29 is 19.1 Å². The second-order valence-corrected chi connectivity index (χ2v) is 5.44. The zero-order valence-electron chi connectivity index (χ0n) is 11.8. The van der Waals surface area contributed by atoms with Gasteiger partial charge in [0, 0.05) is 12.6 Å². The molecular weight excluding hydrogens is 260 g/mol. The number of nitrogens with zero attached hydrogens (tertiary/aromatic N) is 1. The van der Waals surface area contributed by atoms with Gasteiger partial charge in [-0.25, -0.2) is 4.79 Å². The molecule has 6 heteroatoms. The summed E-state index contributed by atoms with van der Waals surface area (Å²) in [5, 5.41) is 9.02. The Labute approximate surface area is 117 Å². The largest absolute Gasteiger partial charge is 0.478 e. The van der Waals surface area contributed by atoms with Gasteiger partial charge in [-0.2, -0.15) is 0 Å². The number of hydrogen-bond acceptors (Lipinski definition) is 4. The number of carbonyl (C=O) groups excluding carboxylic acids is 1. The smallest absolute Gasteiger partial charge is 0.339 e. The average Bonchev–Trinajstić information content (AvgIpc) is 2.73. The lowest BCUT2D eigenvalue weighted by Crippen LogP contribution is -2.45. The molecule has 110 valence electrons. The van der Waals surface area contributed by atoms with E-state index in [1.54, 1.807) is 13.0 Å². The highest BCUT2D eigenvalue weighted by molar-refractivity contribution is 5.88. The number of furan rings is 1. The van der Waals surface area contributed by atoms with E-state index in [-0.39, 0.29) is 17.4 Å². The Bertz CT molecular complexity index is 523. The molecule has 1 aromatic rings. The van der Waals surface area contributed by atoms with Crippen LogP contribution in [0.3, 0.4) is 0 Å². The summed E-state index contributed by atoms with van der Waals surface area (Å²) in [5.41, 5.74) is 5.56. The number of carboxylic acid groups (broad SMARTS) is 1. The number of nitrogens with two attached hydrogens (primary N) is 1. The maximum atomic E-state index is 11.3. The van der Waals surface area contributed by atoms with Gasteiger partial charge in [0.05, 0.1) is 12.5 Å². The van der Waals surface area contributed by atoms with Gasteiger partial charge in [-0.15, -0.1) is 0 Å². The first-order chi connectivity index (χ1) is 9.38. The van der Waals surface area contributed by atoms with Crippen molar-refractivity contribution in [1.82, 2.24) is 4.90 Å². The Hall–Kier alpha value is -1.82. The van der Waals surface area contributed by atoms with Crippen molar-refractivity contribution in [3.8, 4) is 0 Å². The molecule has 0 saturated carbocycles. The van der Waals surface area contributed by atoms with E-state index in [2.05, 4.69) is 11.8 Å². The van der Waals surface area contributed by atoms with Crippen LogP contribution in [0.25, 0.3) is 0 Å². The second kappa shape index (κ2) is 5.66. The summed E-state index contributed by atoms with van der Waals surface area (Å²) >= 11 is 0. The normalized spacial score (nSPS) is 23.7. The van der Waals surface area contributed by atoms with Gasteiger partial charge in [0.1, 0.15) is 17.1 Å². The van der Waals surface area contributed by atoms with E-state index >= 15 is 0 Å². The monoisotopic (exact) mass is 280 g/mol. The van der Waals surface area contributed by atoms with Gasteiger partial charge < -0.3 is 15.3 Å². The first kappa shape index (κ1) is 14.6. The summed E-state index contributed by atoms with van der Waals surface area (Å²) in [4.78, 5) is 24.4. The molecule has 1 aliphatic rings. The summed E-state index contributed by atoms with van der Waals surface area (Å²) in [6, 6.07) is 1.88. The first-order valence-electron chi connectivity index (χ1n) is 6.74. The molecule has 1 fully saturated rings. The minimum atomic E-state index is -0.987. The van der Waals surface area contributed by atoms with Gasteiger partial charge in [-0.1, -0.05) is 0 Å². The summed E-state index contributed by atoms with van der Waals surface area (Å²) < 4.78 is 5.48. The fourth-order valence-corrected chi connectivity index (χ4v) is 2.67. The average molecular weight is 280 g/mol. The number of amides is 1. The minimum Gasteiger partial charge on any atom is -0.478 e. The molecule has 20 heavy (non-hydrogen) atoms. The zero-order chi connectivity index (χ0) is 14.9. The number of aryl methyl sites for hydroxylation is 1. The van der Waals surface area contributed by atoms with E-state index in [4.69, 9.17) is 15.3 Å². The van der Waals surface area contributed by atoms with Crippen LogP contribution in [0.2, 0.25) is 0 Å². The zero-order valence-corrected chi connectivity index (χ0v) is 11.8. The predicted molar refractivity (Wildman–Crippen MR) is 72.2 cm³/mol. The van der Waals surface area contributed by atoms with Crippen LogP contribution in [0.15, 0.2) is 10.5 Å². The number of rotatable bonds is 4. The lowest BCUT2D eigenvalue weighted by Gasteiger charge is -2.36. The Morgan fingerprint density at radius 3 is 2.75 bits per heavy atom. The summed E-state index contributed by atoms with van der Waals surface area (Å²) in [6.07, 6.45) is 1.71. The van der Waals surface area contributed by atoms with Crippen molar-refractivity contribution in [1.29, 1.82) is 0 Å². The Morgan fingerprint density at radius 2 is 2.20 bits per heavy atom. The second-order valence-electron chi connectivity index (χ2n) is 5.44. The molecule has 0 bridgehead atoms. The third kappa shape index (κ3) is 3.01. The summed E-state index contributed by atoms with van der Waals surface area (Å²) in [6.45, 7) is 4.82. The van der Waals surface area contributed by atoms with E-state index in [9.17, 15) is 9.59 Å². The summed E-state index contributed by atoms with van der Waals surface area (Å²) in [5.74, 6) is -0.385. The number of likely N-dealkylation sites (tertiary alicyclic amines) is 1. The Morgan fingerprint density at radius 1 is 1.50 bits per heavy atom. The van der Waals surface area contributed by atoms with Gasteiger partial charge in [-0.3, -0.25) is 9.69 Å². The van der Waals surface area contributed by atoms with Gasteiger partial charge >= 0.3 is 5.97 Å². The van der Waals surface area contributed by atoms with Crippen LogP contribution in [-0.2, 0) is 11.3 Å². The summed E-state index contributed by atoms with van der Waals surface area (Å²) in [7, 11) is 0. The molecule has 0 aliphatic carbocycles. The highest BCUT2D eigenvalue weighted by Crippen LogP contribution is 2.25. The van der Waals surface area contributed by atoms with Crippen LogP contribution in [0.4, 0.5) is 0 Å². The van der Waals surface area contributed by atoms with Gasteiger partial charge in [0.15, 0.2) is 0 Å². The lowest BCUT2D eigenvalue weighted by atomic mass is 9.93. The lowest BCUT2D eigenvalue weighted by molar-refractivity contribution is -0.124. The maximum absolute atomic E-state index is 11.3. The van der Waals surface area contributed by atoms with E-state index in [0.717, 1.165) is 12.8 Å². The third-order valence-corrected chi connectivity index (χ3v) is 3.97. The number of primary amides is 1. The van der Waals surface area contributed by atoms with Crippen molar-refractivity contribution in [2.45, 2.75) is 39.3 Å². The topological polar surface area (TPSA) is 96.8 Å². The van der Waals surface area contributed by atoms with E-state index in [0.29, 0.717) is 30.7 Å². The molecule has 0 radical (unpaired) electrons. The number of carbonyl (C=O) groups is 2. The molecule has 2 atom stereocenters. The molecule has 1 saturated heterocycles. The number of hydrogen-bond donors (Lipinski definition) is 2. The molecule has 1 aliphatic heterocycles. The Balaban J connectivity index is 2.09. The van der Waals surface area contributed by atoms with Crippen LogP contribution in [-0.4, -0.2) is 34.5 Å². The van der Waals surface area contributed by atoms with Gasteiger partial charge in [0.25, 0.3) is 0 Å². The van der Waals surface area contributed by atoms with Gasteiger partial charge in [-0.05, 0) is 32.8 Å². The third-order valence-electron chi connectivity index (χ3n) is 3.97. The maximum Gasteiger partial charge on any atom is 0.339 e. The molecule has 0 aromatic carbocycles. The first-order valence-corrected chi connectivity index (χ1v) is 6.74. The number of carboxylic acids is 1. The van der Waals surface area contributed by atoms with Crippen molar-refractivity contribution in [3.63, 3.8) is 0 Å². The minimum absolute atomic E-state index is 0.138. The van der Waals surface area contributed by atoms with Crippen molar-refractivity contribution in [3.05, 3.63) is 23.2 Å². The standard InChI is InChI=1S/C14H20N2O4/c1-8-3-4-10(13(15)17)6-16(8)7-11-5-12(14(18)19)9(2)20-11/h5,8,10H,3-4,6-7H2,1-2H3,(H2,15,17)(H,18,19). The highest BCUT2D eigenvalue weighted by Gasteiger charge is 2.29. The molecule has 0 spiro atoms. The molecule has 2 unspecified atom stereocenters. The fourth-order valence-electron chi connectivity index (χ4n) is 2.67. The van der Waals surface area contributed by atoms with Crippen molar-refractivity contribution in [2.24, 2.45) is 11.7 Å². The van der Waals surface area contributed by atoms with E-state index < -0.39 is 5.97 Å². The molecule has 1 aromatic heterocycles. The van der Waals surface area contributed by atoms with Crippen LogP contribution < -0.4 is 5.73 Å². The molecule has 3 N–H and O–H groups in total. The number of aromatic carboxylic acids is 1. The molecule has 2 rings (SSSR count). The Kier molecular flexibility index (Phi) is 4.13. The van der Waals surface area contributed by atoms with Crippen LogP contribution in [0, 0.1) is 12.8 Å². The van der Waals surface area contributed by atoms with E-state index in [1.807, 2.05) is 0 Å². The van der Waals surface area contributed by atoms with Gasteiger partial charge in [0.2, 0.25) is 5.91 Å². The molecular formula is C14H20N2O4.